The maximum absolute atomic E-state index is 12.2. The first kappa shape index (κ1) is 15.1. The number of hydrogen-bond acceptors (Lipinski definition) is 10. The average Bonchev–Trinajstić information content (AvgIpc) is 2.86. The van der Waals surface area contributed by atoms with Gasteiger partial charge in [0.2, 0.25) is 11.8 Å². The molecular formula is C11H14N4O6S. The molecule has 0 radical (unpaired) electrons. The maximum Gasteiger partial charge on any atom is 0.311 e. The Kier molecular flexibility index (Phi) is 3.34. The number of ether oxygens (including phenoxy) is 1. The summed E-state index contributed by atoms with van der Waals surface area (Å²) in [5.41, 5.74) is 3.60. The molecule has 0 aromatic carbocycles. The summed E-state index contributed by atoms with van der Waals surface area (Å²) in [6.45, 7) is 0.741. The monoisotopic (exact) mass is 330 g/mol. The fourth-order valence-corrected chi connectivity index (χ4v) is 3.32. The van der Waals surface area contributed by atoms with Crippen LogP contribution in [0.3, 0.4) is 0 Å². The first-order chi connectivity index (χ1) is 10.3. The van der Waals surface area contributed by atoms with Crippen molar-refractivity contribution in [3.05, 3.63) is 9.67 Å². The maximum atomic E-state index is 12.2. The first-order valence-electron chi connectivity index (χ1n) is 6.31. The van der Waals surface area contributed by atoms with Crippen molar-refractivity contribution in [2.45, 2.75) is 31.0 Å². The fraction of sp³-hybridized carbons (Fsp3) is 0.545. The van der Waals surface area contributed by atoms with E-state index >= 15 is 0 Å². The second-order valence-electron chi connectivity index (χ2n) is 5.18. The number of aliphatic hydroxyl groups excluding tert-OH is 2. The van der Waals surface area contributed by atoms with Crippen LogP contribution in [0.1, 0.15) is 13.2 Å². The van der Waals surface area contributed by atoms with Crippen LogP contribution in [0.2, 0.25) is 0 Å². The van der Waals surface area contributed by atoms with Gasteiger partial charge in [-0.25, -0.2) is 0 Å². The summed E-state index contributed by atoms with van der Waals surface area (Å²) in [5.74, 6) is -0.714. The number of aromatic nitrogens is 3. The number of thiazole rings is 1. The summed E-state index contributed by atoms with van der Waals surface area (Å²) in [5, 5.41) is 39.4. The molecule has 6 N–H and O–H groups in total. The van der Waals surface area contributed by atoms with Crippen molar-refractivity contribution in [2.75, 3.05) is 12.3 Å². The van der Waals surface area contributed by atoms with Crippen LogP contribution >= 0.6 is 11.3 Å². The number of aromatic hydroxyl groups is 1. The van der Waals surface area contributed by atoms with Crippen molar-refractivity contribution in [3.8, 4) is 5.88 Å². The van der Waals surface area contributed by atoms with Crippen LogP contribution in [0.25, 0.3) is 10.3 Å². The third-order valence-electron chi connectivity index (χ3n) is 3.63. The Balaban J connectivity index is 2.23. The van der Waals surface area contributed by atoms with Gasteiger partial charge in [-0.05, 0) is 6.92 Å². The number of aliphatic hydroxyl groups is 3. The predicted molar refractivity (Wildman–Crippen MR) is 75.4 cm³/mol. The zero-order valence-electron chi connectivity index (χ0n) is 11.4. The van der Waals surface area contributed by atoms with E-state index in [1.54, 1.807) is 0 Å². The van der Waals surface area contributed by atoms with Gasteiger partial charge in [0.1, 0.15) is 22.5 Å². The zero-order valence-corrected chi connectivity index (χ0v) is 12.2. The zero-order chi connectivity index (χ0) is 16.2. The molecule has 0 spiro atoms. The first-order valence-corrected chi connectivity index (χ1v) is 7.13. The van der Waals surface area contributed by atoms with E-state index in [0.29, 0.717) is 11.3 Å². The quantitative estimate of drug-likeness (QED) is 0.425. The highest BCUT2D eigenvalue weighted by molar-refractivity contribution is 7.16. The van der Waals surface area contributed by atoms with E-state index in [1.165, 1.54) is 6.92 Å². The van der Waals surface area contributed by atoms with Crippen molar-refractivity contribution in [1.82, 2.24) is 14.5 Å². The molecule has 0 saturated carbocycles. The molecule has 120 valence electrons. The molecule has 22 heavy (non-hydrogen) atoms. The summed E-state index contributed by atoms with van der Waals surface area (Å²) in [4.78, 5) is 19.1. The Morgan fingerprint density at radius 1 is 1.50 bits per heavy atom. The van der Waals surface area contributed by atoms with Gasteiger partial charge in [-0.2, -0.15) is 9.97 Å². The Morgan fingerprint density at radius 3 is 2.77 bits per heavy atom. The summed E-state index contributed by atoms with van der Waals surface area (Å²) in [6, 6.07) is 0. The van der Waals surface area contributed by atoms with Gasteiger partial charge in [0.15, 0.2) is 11.9 Å². The van der Waals surface area contributed by atoms with Crippen LogP contribution < -0.4 is 10.6 Å². The van der Waals surface area contributed by atoms with Crippen molar-refractivity contribution < 1.29 is 25.2 Å². The van der Waals surface area contributed by atoms with Gasteiger partial charge in [-0.1, -0.05) is 11.3 Å². The lowest BCUT2D eigenvalue weighted by atomic mass is 9.96. The van der Waals surface area contributed by atoms with Gasteiger partial charge in [-0.15, -0.1) is 0 Å². The summed E-state index contributed by atoms with van der Waals surface area (Å²) >= 11 is 0.653. The number of fused-ring (bicyclic) bond motifs is 1. The molecular weight excluding hydrogens is 316 g/mol. The van der Waals surface area contributed by atoms with E-state index in [1.807, 2.05) is 0 Å². The average molecular weight is 330 g/mol. The highest BCUT2D eigenvalue weighted by atomic mass is 32.1. The highest BCUT2D eigenvalue weighted by Crippen LogP contribution is 2.39. The fourth-order valence-electron chi connectivity index (χ4n) is 2.49. The van der Waals surface area contributed by atoms with Crippen LogP contribution in [0.4, 0.5) is 5.95 Å². The van der Waals surface area contributed by atoms with Crippen molar-refractivity contribution in [3.63, 3.8) is 0 Å². The topological polar surface area (TPSA) is 164 Å². The molecule has 1 aliphatic rings. The molecule has 0 amide bonds. The smallest absolute Gasteiger partial charge is 0.311 e. The Hall–Kier alpha value is -1.79. The van der Waals surface area contributed by atoms with Gasteiger partial charge >= 0.3 is 4.87 Å². The summed E-state index contributed by atoms with van der Waals surface area (Å²) in [7, 11) is 0. The van der Waals surface area contributed by atoms with E-state index in [4.69, 9.17) is 10.5 Å². The predicted octanol–water partition coefficient (Wildman–Crippen LogP) is -1.86. The van der Waals surface area contributed by atoms with E-state index in [2.05, 4.69) is 9.97 Å². The Morgan fingerprint density at radius 2 is 2.18 bits per heavy atom. The molecule has 1 aliphatic heterocycles. The molecule has 11 heteroatoms. The molecule has 4 atom stereocenters. The second kappa shape index (κ2) is 4.86. The van der Waals surface area contributed by atoms with Gasteiger partial charge in [0.25, 0.3) is 0 Å². The molecule has 0 unspecified atom stereocenters. The molecule has 2 aromatic heterocycles. The largest absolute Gasteiger partial charge is 0.492 e. The van der Waals surface area contributed by atoms with Crippen LogP contribution in [-0.2, 0) is 4.74 Å². The van der Waals surface area contributed by atoms with Gasteiger partial charge in [0, 0.05) is 0 Å². The number of nitrogen functional groups attached to an aromatic ring is 1. The summed E-state index contributed by atoms with van der Waals surface area (Å²) in [6.07, 6.45) is -3.76. The number of anilines is 1. The number of rotatable bonds is 2. The van der Waals surface area contributed by atoms with Gasteiger partial charge < -0.3 is 30.9 Å². The number of nitrogens with zero attached hydrogens (tertiary/aromatic N) is 3. The Labute approximate surface area is 127 Å². The Bertz CT molecular complexity index is 787. The third-order valence-corrected chi connectivity index (χ3v) is 4.57. The molecule has 2 aromatic rings. The number of hydrogen-bond donors (Lipinski definition) is 5. The standard InChI is InChI=1S/C11H14N4O6S/c1-11(20)5(17)3(2-16)21-8(11)15-6-4(22-10(15)19)7(18)14-9(12)13-6/h3,5,8,16-17,20H,2H2,1H3,(H3,12,13,14,18)/t3-,5-,8-,11-/m1/s1. The third kappa shape index (κ3) is 1.98. The molecule has 3 rings (SSSR count). The summed E-state index contributed by atoms with van der Waals surface area (Å²) < 4.78 is 6.45. The lowest BCUT2D eigenvalue weighted by Gasteiger charge is -2.26. The van der Waals surface area contributed by atoms with Crippen LogP contribution in [0.5, 0.6) is 5.88 Å². The van der Waals surface area contributed by atoms with Crippen LogP contribution in [0.15, 0.2) is 4.79 Å². The lowest BCUT2D eigenvalue weighted by Crippen LogP contribution is -2.45. The molecule has 3 heterocycles. The van der Waals surface area contributed by atoms with Gasteiger partial charge in [-0.3, -0.25) is 9.36 Å². The minimum Gasteiger partial charge on any atom is -0.492 e. The molecule has 0 bridgehead atoms. The normalized spacial score (nSPS) is 31.9. The second-order valence-corrected chi connectivity index (χ2v) is 6.14. The number of nitrogens with two attached hydrogens (primary N) is 1. The van der Waals surface area contributed by atoms with E-state index in [9.17, 15) is 25.2 Å². The van der Waals surface area contributed by atoms with E-state index in [0.717, 1.165) is 4.57 Å². The molecule has 1 fully saturated rings. The highest BCUT2D eigenvalue weighted by Gasteiger charge is 2.53. The van der Waals surface area contributed by atoms with E-state index < -0.39 is 41.4 Å². The van der Waals surface area contributed by atoms with Crippen LogP contribution in [-0.4, -0.2) is 59.4 Å². The van der Waals surface area contributed by atoms with Gasteiger partial charge in [0.05, 0.1) is 6.61 Å². The molecule has 10 nitrogen and oxygen atoms in total. The minimum absolute atomic E-state index is 0.0175. The molecule has 1 saturated heterocycles. The molecule has 0 aliphatic carbocycles. The van der Waals surface area contributed by atoms with Crippen molar-refractivity contribution in [2.24, 2.45) is 0 Å². The van der Waals surface area contributed by atoms with E-state index in [-0.39, 0.29) is 16.3 Å². The lowest BCUT2D eigenvalue weighted by molar-refractivity contribution is -0.0957. The van der Waals surface area contributed by atoms with Crippen molar-refractivity contribution >= 4 is 27.6 Å². The SMILES string of the molecule is C[C@@]1(O)[C@H](O)[C@@H](CO)O[C@H]1n1c(=O)sc2c(O)nc(N)nc21. The van der Waals surface area contributed by atoms with Crippen LogP contribution in [0, 0.1) is 0 Å². The minimum atomic E-state index is -1.85. The van der Waals surface area contributed by atoms with Crippen molar-refractivity contribution in [1.29, 1.82) is 0 Å².